The Labute approximate surface area is 147 Å². The zero-order valence-electron chi connectivity index (χ0n) is 14.1. The number of guanidine groups is 1. The van der Waals surface area contributed by atoms with Crippen LogP contribution in [0.5, 0.6) is 0 Å². The molecule has 0 aromatic carbocycles. The van der Waals surface area contributed by atoms with Gasteiger partial charge in [0.05, 0.1) is 6.54 Å². The van der Waals surface area contributed by atoms with Crippen molar-refractivity contribution < 1.29 is 0 Å². The van der Waals surface area contributed by atoms with Crippen molar-refractivity contribution in [3.63, 3.8) is 0 Å². The lowest BCUT2D eigenvalue weighted by Crippen LogP contribution is -2.40. The number of pyridine rings is 1. The van der Waals surface area contributed by atoms with E-state index in [1.165, 1.54) is 10.4 Å². The minimum absolute atomic E-state index is 0.397. The first-order valence-corrected chi connectivity index (χ1v) is 9.33. The Morgan fingerprint density at radius 1 is 1.46 bits per heavy atom. The predicted octanol–water partition coefficient (Wildman–Crippen LogP) is 2.04. The van der Waals surface area contributed by atoms with E-state index in [1.807, 2.05) is 35.7 Å². The second-order valence-electron chi connectivity index (χ2n) is 6.16. The van der Waals surface area contributed by atoms with Crippen LogP contribution in [0.1, 0.15) is 23.1 Å². The fourth-order valence-electron chi connectivity index (χ4n) is 2.91. The van der Waals surface area contributed by atoms with E-state index in [0.29, 0.717) is 12.0 Å². The molecule has 0 aliphatic carbocycles. The van der Waals surface area contributed by atoms with Gasteiger partial charge in [-0.3, -0.25) is 14.9 Å². The van der Waals surface area contributed by atoms with Crippen molar-refractivity contribution in [2.45, 2.75) is 32.4 Å². The number of rotatable bonds is 6. The van der Waals surface area contributed by atoms with E-state index in [0.717, 1.165) is 44.7 Å². The molecule has 0 bridgehead atoms. The van der Waals surface area contributed by atoms with Gasteiger partial charge in [0.1, 0.15) is 0 Å². The number of aliphatic imine (C=N–C) groups is 1. The summed E-state index contributed by atoms with van der Waals surface area (Å²) in [5.41, 5.74) is 8.51. The van der Waals surface area contributed by atoms with Crippen molar-refractivity contribution in [1.29, 1.82) is 0 Å². The lowest BCUT2D eigenvalue weighted by molar-refractivity contribution is 0.197. The maximum Gasteiger partial charge on any atom is 0.188 e. The minimum atomic E-state index is 0.397. The van der Waals surface area contributed by atoms with Gasteiger partial charge in [0.2, 0.25) is 0 Å². The van der Waals surface area contributed by atoms with Crippen molar-refractivity contribution >= 4 is 17.3 Å². The summed E-state index contributed by atoms with van der Waals surface area (Å²) in [5, 5.41) is 5.37. The van der Waals surface area contributed by atoms with Gasteiger partial charge in [-0.15, -0.1) is 11.3 Å². The summed E-state index contributed by atoms with van der Waals surface area (Å²) in [6.45, 7) is 5.84. The monoisotopic (exact) mass is 343 g/mol. The van der Waals surface area contributed by atoms with E-state index in [4.69, 9.17) is 5.73 Å². The van der Waals surface area contributed by atoms with Gasteiger partial charge in [0.25, 0.3) is 0 Å². The largest absolute Gasteiger partial charge is 0.370 e. The van der Waals surface area contributed by atoms with Crippen molar-refractivity contribution in [3.05, 3.63) is 52.0 Å². The lowest BCUT2D eigenvalue weighted by atomic mass is 10.1. The number of nitrogens with two attached hydrogens (primary N) is 1. The Bertz CT molecular complexity index is 667. The molecule has 0 saturated heterocycles. The molecule has 24 heavy (non-hydrogen) atoms. The Balaban J connectivity index is 1.41. The van der Waals surface area contributed by atoms with E-state index in [-0.39, 0.29) is 0 Å². The van der Waals surface area contributed by atoms with Gasteiger partial charge in [-0.1, -0.05) is 6.07 Å². The van der Waals surface area contributed by atoms with Crippen molar-refractivity contribution in [1.82, 2.24) is 15.2 Å². The second kappa shape index (κ2) is 8.26. The van der Waals surface area contributed by atoms with Gasteiger partial charge in [-0.2, -0.15) is 0 Å². The molecule has 3 heterocycles. The number of thiophene rings is 1. The molecule has 0 fully saturated rings. The Hall–Kier alpha value is -1.92. The molecule has 1 unspecified atom stereocenters. The number of nitrogens with one attached hydrogen (secondary N) is 1. The van der Waals surface area contributed by atoms with Crippen LogP contribution in [-0.4, -0.2) is 41.5 Å². The number of nitrogens with zero attached hydrogens (tertiary/aromatic N) is 3. The molecule has 1 atom stereocenters. The Morgan fingerprint density at radius 3 is 3.21 bits per heavy atom. The maximum atomic E-state index is 5.98. The molecular weight excluding hydrogens is 318 g/mol. The quantitative estimate of drug-likeness (QED) is 0.622. The number of hydrogen-bond acceptors (Lipinski definition) is 4. The van der Waals surface area contributed by atoms with Crippen molar-refractivity contribution in [2.75, 3.05) is 19.6 Å². The molecular formula is C18H25N5S. The molecule has 3 rings (SSSR count). The standard InChI is InChI=1S/C18H25N5S/c1-14(23-10-6-17-15(13-23)7-11-24-17)12-22-18(19)21-9-5-16-4-2-3-8-20-16/h2-4,7-8,11,14H,5-6,9-10,12-13H2,1H3,(H3,19,21,22). The molecule has 6 heteroatoms. The average Bonchev–Trinajstić information content (AvgIpc) is 3.08. The summed E-state index contributed by atoms with van der Waals surface area (Å²) < 4.78 is 0. The van der Waals surface area contributed by atoms with Crippen LogP contribution in [0.15, 0.2) is 40.8 Å². The third-order valence-corrected chi connectivity index (χ3v) is 5.42. The van der Waals surface area contributed by atoms with E-state index in [9.17, 15) is 0 Å². The fraction of sp³-hybridized carbons (Fsp3) is 0.444. The summed E-state index contributed by atoms with van der Waals surface area (Å²) in [5.74, 6) is 0.519. The van der Waals surface area contributed by atoms with Crippen LogP contribution >= 0.6 is 11.3 Å². The zero-order chi connectivity index (χ0) is 16.8. The normalized spacial score (nSPS) is 16.6. The molecule has 0 spiro atoms. The average molecular weight is 344 g/mol. The molecule has 0 radical (unpaired) electrons. The summed E-state index contributed by atoms with van der Waals surface area (Å²) in [4.78, 5) is 12.8. The van der Waals surface area contributed by atoms with E-state index < -0.39 is 0 Å². The zero-order valence-corrected chi connectivity index (χ0v) is 14.9. The lowest BCUT2D eigenvalue weighted by Gasteiger charge is -2.31. The number of fused-ring (bicyclic) bond motifs is 1. The molecule has 1 aliphatic rings. The van der Waals surface area contributed by atoms with Gasteiger partial charge >= 0.3 is 0 Å². The maximum absolute atomic E-state index is 5.98. The van der Waals surface area contributed by atoms with Gasteiger partial charge in [0, 0.05) is 48.9 Å². The number of aromatic nitrogens is 1. The molecule has 0 saturated carbocycles. The van der Waals surface area contributed by atoms with Crippen LogP contribution in [0.2, 0.25) is 0 Å². The smallest absolute Gasteiger partial charge is 0.188 e. The molecule has 0 amide bonds. The second-order valence-corrected chi connectivity index (χ2v) is 7.16. The number of hydrogen-bond donors (Lipinski definition) is 2. The molecule has 5 nitrogen and oxygen atoms in total. The van der Waals surface area contributed by atoms with Gasteiger partial charge in [-0.25, -0.2) is 0 Å². The predicted molar refractivity (Wildman–Crippen MR) is 100 cm³/mol. The van der Waals surface area contributed by atoms with Crippen LogP contribution in [-0.2, 0) is 19.4 Å². The van der Waals surface area contributed by atoms with Crippen LogP contribution in [0.3, 0.4) is 0 Å². The van der Waals surface area contributed by atoms with Crippen LogP contribution in [0, 0.1) is 0 Å². The summed E-state index contributed by atoms with van der Waals surface area (Å²) in [6.07, 6.45) is 3.81. The van der Waals surface area contributed by atoms with Crippen LogP contribution in [0.25, 0.3) is 0 Å². The highest BCUT2D eigenvalue weighted by Crippen LogP contribution is 2.25. The highest BCUT2D eigenvalue weighted by molar-refractivity contribution is 7.10. The summed E-state index contributed by atoms with van der Waals surface area (Å²) >= 11 is 1.88. The Morgan fingerprint density at radius 2 is 2.38 bits per heavy atom. The highest BCUT2D eigenvalue weighted by atomic mass is 32.1. The third-order valence-electron chi connectivity index (χ3n) is 4.40. The third kappa shape index (κ3) is 4.55. The Kier molecular flexibility index (Phi) is 5.82. The fourth-order valence-corrected chi connectivity index (χ4v) is 3.80. The van der Waals surface area contributed by atoms with Gasteiger partial charge < -0.3 is 11.1 Å². The van der Waals surface area contributed by atoms with Crippen molar-refractivity contribution in [3.8, 4) is 0 Å². The van der Waals surface area contributed by atoms with Gasteiger partial charge in [-0.05, 0) is 42.5 Å². The first-order valence-electron chi connectivity index (χ1n) is 8.45. The van der Waals surface area contributed by atoms with Crippen LogP contribution < -0.4 is 11.1 Å². The first kappa shape index (κ1) is 16.9. The molecule has 2 aromatic rings. The highest BCUT2D eigenvalue weighted by Gasteiger charge is 2.21. The van der Waals surface area contributed by atoms with Crippen LogP contribution in [0.4, 0.5) is 0 Å². The molecule has 1 aliphatic heterocycles. The summed E-state index contributed by atoms with van der Waals surface area (Å²) in [7, 11) is 0. The molecule has 128 valence electrons. The minimum Gasteiger partial charge on any atom is -0.370 e. The van der Waals surface area contributed by atoms with E-state index in [2.05, 4.69) is 38.6 Å². The van der Waals surface area contributed by atoms with Gasteiger partial charge in [0.15, 0.2) is 5.96 Å². The van der Waals surface area contributed by atoms with E-state index in [1.54, 1.807) is 0 Å². The molecule has 3 N–H and O–H groups in total. The summed E-state index contributed by atoms with van der Waals surface area (Å²) in [6, 6.07) is 8.59. The first-order chi connectivity index (χ1) is 11.7. The van der Waals surface area contributed by atoms with Crippen molar-refractivity contribution in [2.24, 2.45) is 10.7 Å². The molecule has 2 aromatic heterocycles. The van der Waals surface area contributed by atoms with E-state index >= 15 is 0 Å². The topological polar surface area (TPSA) is 66.5 Å². The SMILES string of the molecule is CC(CN=C(N)NCCc1ccccn1)N1CCc2sccc2C1.